The molecule has 1 rings (SSSR count). The molecule has 58 heavy (non-hydrogen) atoms. The molecule has 4 N–H and O–H groups in total. The Labute approximate surface area is 351 Å². The first-order chi connectivity index (χ1) is 28.1. The largest absolute Gasteiger partial charge is 0.457 e. The van der Waals surface area contributed by atoms with Crippen LogP contribution in [0.2, 0.25) is 0 Å². The number of carbonyl (C=O) groups excluding carboxylic acids is 1. The van der Waals surface area contributed by atoms with Gasteiger partial charge < -0.3 is 34.3 Å². The van der Waals surface area contributed by atoms with Gasteiger partial charge in [0.2, 0.25) is 0 Å². The molecule has 1 saturated heterocycles. The highest BCUT2D eigenvalue weighted by atomic mass is 32.3. The van der Waals surface area contributed by atoms with E-state index in [0.29, 0.717) is 13.0 Å². The zero-order valence-corrected chi connectivity index (χ0v) is 36.7. The number of hydrogen-bond donors (Lipinski definition) is 4. The van der Waals surface area contributed by atoms with E-state index in [4.69, 9.17) is 23.5 Å². The standard InChI is InChI=1S/C45H80O12S/c1-3-5-7-9-11-13-15-17-19-21-23-25-27-29-31-33-35-53-37-39(38-54-45-43(49)44(57-58(50,51)52)42(48)40(36-46)56-45)55-41(47)34-32-30-28-26-24-22-20-18-16-14-12-10-8-6-4-2/h5,7,11,13,17,19,23,25,39-40,42-46,48-49H,3-4,6,8-10,12,14-16,18,20-22,24,26-38H2,1-2H3,(H,50,51,52)/b7-5-,13-11-,19-17-,25-23-. The second kappa shape index (κ2) is 36.9. The number of unbranched alkanes of at least 4 members (excludes halogenated alkanes) is 17. The van der Waals surface area contributed by atoms with Crippen molar-refractivity contribution < 1.29 is 56.2 Å². The molecule has 12 nitrogen and oxygen atoms in total. The van der Waals surface area contributed by atoms with Crippen LogP contribution in [0.4, 0.5) is 0 Å². The molecule has 0 radical (unpaired) electrons. The van der Waals surface area contributed by atoms with Crippen LogP contribution in [0, 0.1) is 0 Å². The van der Waals surface area contributed by atoms with Crippen LogP contribution in [-0.2, 0) is 38.3 Å². The molecule has 0 aromatic carbocycles. The molecule has 1 aliphatic heterocycles. The fourth-order valence-electron chi connectivity index (χ4n) is 6.60. The highest BCUT2D eigenvalue weighted by molar-refractivity contribution is 7.80. The Morgan fingerprint density at radius 1 is 0.672 bits per heavy atom. The summed E-state index contributed by atoms with van der Waals surface area (Å²) >= 11 is 0. The number of hydrogen-bond acceptors (Lipinski definition) is 11. The summed E-state index contributed by atoms with van der Waals surface area (Å²) in [5.41, 5.74) is 0. The molecule has 338 valence electrons. The maximum atomic E-state index is 12.8. The Balaban J connectivity index is 2.46. The average Bonchev–Trinajstić information content (AvgIpc) is 3.19. The second-order valence-electron chi connectivity index (χ2n) is 15.3. The lowest BCUT2D eigenvalue weighted by Gasteiger charge is -2.41. The van der Waals surface area contributed by atoms with Crippen molar-refractivity contribution in [2.45, 2.75) is 205 Å². The Hall–Kier alpha value is -1.94. The molecule has 0 bridgehead atoms. The Morgan fingerprint density at radius 3 is 1.72 bits per heavy atom. The van der Waals surface area contributed by atoms with E-state index in [2.05, 4.69) is 66.6 Å². The van der Waals surface area contributed by atoms with Gasteiger partial charge in [-0.15, -0.1) is 0 Å². The molecule has 6 unspecified atom stereocenters. The van der Waals surface area contributed by atoms with Gasteiger partial charge in [-0.3, -0.25) is 9.35 Å². The van der Waals surface area contributed by atoms with Gasteiger partial charge in [0.15, 0.2) is 6.29 Å². The summed E-state index contributed by atoms with van der Waals surface area (Å²) in [6.45, 7) is 3.80. The van der Waals surface area contributed by atoms with Crippen LogP contribution in [0.15, 0.2) is 48.6 Å². The van der Waals surface area contributed by atoms with Gasteiger partial charge in [0, 0.05) is 13.0 Å². The van der Waals surface area contributed by atoms with Gasteiger partial charge >= 0.3 is 16.4 Å². The van der Waals surface area contributed by atoms with E-state index in [-0.39, 0.29) is 19.6 Å². The molecule has 0 saturated carbocycles. The minimum Gasteiger partial charge on any atom is -0.457 e. The van der Waals surface area contributed by atoms with Gasteiger partial charge in [0.25, 0.3) is 0 Å². The van der Waals surface area contributed by atoms with Crippen molar-refractivity contribution in [2.75, 3.05) is 26.4 Å². The van der Waals surface area contributed by atoms with Crippen molar-refractivity contribution in [3.05, 3.63) is 48.6 Å². The highest BCUT2D eigenvalue weighted by Gasteiger charge is 2.48. The fraction of sp³-hybridized carbons (Fsp3) is 0.800. The number of carbonyl (C=O) groups is 1. The summed E-state index contributed by atoms with van der Waals surface area (Å²) in [5.74, 6) is -0.411. The molecular formula is C45H80O12S. The summed E-state index contributed by atoms with van der Waals surface area (Å²) in [5, 5.41) is 30.6. The lowest BCUT2D eigenvalue weighted by atomic mass is 9.99. The number of rotatable bonds is 38. The summed E-state index contributed by atoms with van der Waals surface area (Å²) in [4.78, 5) is 12.8. The van der Waals surface area contributed by atoms with Crippen LogP contribution in [0.1, 0.15) is 168 Å². The maximum Gasteiger partial charge on any atom is 0.397 e. The number of esters is 1. The minimum atomic E-state index is -5.07. The van der Waals surface area contributed by atoms with Crippen LogP contribution in [0.5, 0.6) is 0 Å². The van der Waals surface area contributed by atoms with Gasteiger partial charge in [0.1, 0.15) is 30.5 Å². The molecule has 6 atom stereocenters. The molecule has 0 spiro atoms. The van der Waals surface area contributed by atoms with Crippen LogP contribution in [-0.4, -0.2) is 97.5 Å². The zero-order valence-electron chi connectivity index (χ0n) is 35.8. The average molecular weight is 845 g/mol. The van der Waals surface area contributed by atoms with E-state index >= 15 is 0 Å². The van der Waals surface area contributed by atoms with Gasteiger partial charge in [-0.05, 0) is 51.4 Å². The van der Waals surface area contributed by atoms with Crippen LogP contribution >= 0.6 is 0 Å². The van der Waals surface area contributed by atoms with Crippen LogP contribution in [0.3, 0.4) is 0 Å². The van der Waals surface area contributed by atoms with Crippen molar-refractivity contribution in [1.29, 1.82) is 0 Å². The van der Waals surface area contributed by atoms with Gasteiger partial charge in [-0.1, -0.05) is 159 Å². The van der Waals surface area contributed by atoms with E-state index in [1.54, 1.807) is 0 Å². The predicted molar refractivity (Wildman–Crippen MR) is 230 cm³/mol. The van der Waals surface area contributed by atoms with Crippen molar-refractivity contribution in [1.82, 2.24) is 0 Å². The van der Waals surface area contributed by atoms with E-state index in [9.17, 15) is 28.5 Å². The lowest BCUT2D eigenvalue weighted by Crippen LogP contribution is -2.60. The third kappa shape index (κ3) is 30.1. The first-order valence-corrected chi connectivity index (χ1v) is 23.8. The summed E-state index contributed by atoms with van der Waals surface area (Å²) < 4.78 is 59.0. The third-order valence-corrected chi connectivity index (χ3v) is 10.4. The summed E-state index contributed by atoms with van der Waals surface area (Å²) in [6, 6.07) is 0. The molecule has 13 heteroatoms. The van der Waals surface area contributed by atoms with Gasteiger partial charge in [-0.25, -0.2) is 4.18 Å². The normalized spacial score (nSPS) is 21.0. The maximum absolute atomic E-state index is 12.8. The quantitative estimate of drug-likeness (QED) is 0.0201. The van der Waals surface area contributed by atoms with Gasteiger partial charge in [0.05, 0.1) is 19.8 Å². The first-order valence-electron chi connectivity index (χ1n) is 22.4. The monoisotopic (exact) mass is 845 g/mol. The van der Waals surface area contributed by atoms with Crippen molar-refractivity contribution >= 4 is 16.4 Å². The van der Waals surface area contributed by atoms with E-state index in [1.807, 2.05) is 0 Å². The van der Waals surface area contributed by atoms with E-state index in [1.165, 1.54) is 70.6 Å². The smallest absolute Gasteiger partial charge is 0.397 e. The number of allylic oxidation sites excluding steroid dienone is 8. The molecule has 0 aliphatic carbocycles. The molecule has 1 fully saturated rings. The van der Waals surface area contributed by atoms with Crippen LogP contribution in [0.25, 0.3) is 0 Å². The molecule has 0 amide bonds. The Bertz CT molecular complexity index is 1200. The Morgan fingerprint density at radius 2 is 1.19 bits per heavy atom. The highest BCUT2D eigenvalue weighted by Crippen LogP contribution is 2.26. The number of aliphatic hydroxyl groups is 3. The molecular weight excluding hydrogens is 765 g/mol. The third-order valence-electron chi connectivity index (χ3n) is 9.97. The van der Waals surface area contributed by atoms with Crippen LogP contribution < -0.4 is 0 Å². The topological polar surface area (TPSA) is 178 Å². The SMILES string of the molecule is CC/C=C\C/C=C\C/C=C\C/C=C\CCCCCOCC(COC1OC(CO)C(O)C(OS(=O)(=O)O)C1O)OC(=O)CCCCCCCCCCCCCCCCC. The molecule has 1 heterocycles. The van der Waals surface area contributed by atoms with Gasteiger partial charge in [-0.2, -0.15) is 8.42 Å². The molecule has 0 aromatic heterocycles. The van der Waals surface area contributed by atoms with Crippen molar-refractivity contribution in [2.24, 2.45) is 0 Å². The number of ether oxygens (including phenoxy) is 4. The van der Waals surface area contributed by atoms with Crippen molar-refractivity contribution in [3.8, 4) is 0 Å². The van der Waals surface area contributed by atoms with E-state index in [0.717, 1.165) is 70.6 Å². The fourth-order valence-corrected chi connectivity index (χ4v) is 7.11. The molecule has 0 aromatic rings. The zero-order chi connectivity index (χ0) is 42.5. The summed E-state index contributed by atoms with van der Waals surface area (Å²) in [6.07, 6.45) is 34.3. The molecule has 1 aliphatic rings. The summed E-state index contributed by atoms with van der Waals surface area (Å²) in [7, 11) is -5.07. The van der Waals surface area contributed by atoms with Crippen molar-refractivity contribution in [3.63, 3.8) is 0 Å². The number of aliphatic hydroxyl groups excluding tert-OH is 3. The minimum absolute atomic E-state index is 0.0152. The lowest BCUT2D eigenvalue weighted by molar-refractivity contribution is -0.301. The second-order valence-corrected chi connectivity index (χ2v) is 16.3. The first kappa shape index (κ1) is 54.1. The Kier molecular flexibility index (Phi) is 34.4. The van der Waals surface area contributed by atoms with E-state index < -0.39 is 59.8 Å². The predicted octanol–water partition coefficient (Wildman–Crippen LogP) is 9.19.